The van der Waals surface area contributed by atoms with Gasteiger partial charge in [0.15, 0.2) is 5.96 Å². The number of methoxy groups -OCH3 is 1. The lowest BCUT2D eigenvalue weighted by Crippen LogP contribution is -2.36. The van der Waals surface area contributed by atoms with Crippen molar-refractivity contribution in [3.8, 4) is 5.75 Å². The highest BCUT2D eigenvalue weighted by Crippen LogP contribution is 2.12. The normalized spacial score (nSPS) is 11.0. The van der Waals surface area contributed by atoms with E-state index >= 15 is 0 Å². The second-order valence-electron chi connectivity index (χ2n) is 6.44. The molecule has 2 aromatic rings. The predicted octanol–water partition coefficient (Wildman–Crippen LogP) is 3.09. The van der Waals surface area contributed by atoms with E-state index in [0.717, 1.165) is 29.7 Å². The van der Waals surface area contributed by atoms with E-state index in [-0.39, 0.29) is 5.91 Å². The largest absolute Gasteiger partial charge is 0.497 e. The lowest BCUT2D eigenvalue weighted by molar-refractivity contribution is 0.0953. The van der Waals surface area contributed by atoms with E-state index in [9.17, 15) is 4.79 Å². The van der Waals surface area contributed by atoms with Crippen LogP contribution in [0.2, 0.25) is 0 Å². The summed E-state index contributed by atoms with van der Waals surface area (Å²) in [5.74, 6) is 1.52. The smallest absolute Gasteiger partial charge is 0.251 e. The number of carbonyl (C=O) groups is 1. The molecule has 0 bridgehead atoms. The van der Waals surface area contributed by atoms with Crippen LogP contribution in [0.25, 0.3) is 0 Å². The third kappa shape index (κ3) is 6.95. The second-order valence-corrected chi connectivity index (χ2v) is 6.44. The summed E-state index contributed by atoms with van der Waals surface area (Å²) in [5.41, 5.74) is 2.87. The van der Waals surface area contributed by atoms with Crippen LogP contribution in [0.1, 0.15) is 41.3 Å². The van der Waals surface area contributed by atoms with Crippen molar-refractivity contribution < 1.29 is 9.53 Å². The van der Waals surface area contributed by atoms with Crippen molar-refractivity contribution in [1.82, 2.24) is 16.0 Å². The fourth-order valence-electron chi connectivity index (χ4n) is 2.63. The highest BCUT2D eigenvalue weighted by Gasteiger charge is 2.05. The average molecular weight is 383 g/mol. The van der Waals surface area contributed by atoms with Crippen LogP contribution in [0, 0.1) is 0 Å². The summed E-state index contributed by atoms with van der Waals surface area (Å²) in [5, 5.41) is 9.49. The molecule has 3 N–H and O–H groups in total. The predicted molar refractivity (Wildman–Crippen MR) is 114 cm³/mol. The van der Waals surface area contributed by atoms with Crippen molar-refractivity contribution in [3.05, 3.63) is 65.2 Å². The Morgan fingerprint density at radius 2 is 1.71 bits per heavy atom. The van der Waals surface area contributed by atoms with Crippen molar-refractivity contribution in [2.24, 2.45) is 4.99 Å². The molecule has 0 spiro atoms. The molecular formula is C22H30N4O2. The molecule has 0 fully saturated rings. The van der Waals surface area contributed by atoms with Crippen LogP contribution < -0.4 is 20.7 Å². The SMILES string of the molecule is CCCCNC(=O)c1ccc(CNC(=NC)NCc2cccc(OC)c2)cc1. The maximum atomic E-state index is 12.0. The van der Waals surface area contributed by atoms with Gasteiger partial charge in [0.2, 0.25) is 0 Å². The minimum atomic E-state index is -0.0243. The number of benzene rings is 2. The number of nitrogens with one attached hydrogen (secondary N) is 3. The molecule has 0 aromatic heterocycles. The summed E-state index contributed by atoms with van der Waals surface area (Å²) < 4.78 is 5.24. The summed E-state index contributed by atoms with van der Waals surface area (Å²) >= 11 is 0. The van der Waals surface area contributed by atoms with E-state index in [1.807, 2.05) is 48.5 Å². The fourth-order valence-corrected chi connectivity index (χ4v) is 2.63. The molecule has 0 atom stereocenters. The zero-order valence-electron chi connectivity index (χ0n) is 16.9. The third-order valence-electron chi connectivity index (χ3n) is 4.31. The molecule has 0 aliphatic heterocycles. The maximum absolute atomic E-state index is 12.0. The summed E-state index contributed by atoms with van der Waals surface area (Å²) in [6.07, 6.45) is 2.06. The Kier molecular flexibility index (Phi) is 8.85. The van der Waals surface area contributed by atoms with Crippen LogP contribution in [0.4, 0.5) is 0 Å². The number of unbranched alkanes of at least 4 members (excludes halogenated alkanes) is 1. The number of amides is 1. The monoisotopic (exact) mass is 382 g/mol. The first-order valence-electron chi connectivity index (χ1n) is 9.60. The third-order valence-corrected chi connectivity index (χ3v) is 4.31. The Bertz CT molecular complexity index is 772. The fraction of sp³-hybridized carbons (Fsp3) is 0.364. The molecule has 0 heterocycles. The Morgan fingerprint density at radius 3 is 2.36 bits per heavy atom. The standard InChI is InChI=1S/C22H30N4O2/c1-4-5-13-24-21(27)19-11-9-17(10-12-19)15-25-22(23-2)26-16-18-7-6-8-20(14-18)28-3/h6-12,14H,4-5,13,15-16H2,1-3H3,(H,24,27)(H2,23,25,26). The Labute approximate surface area is 167 Å². The van der Waals surface area contributed by atoms with Gasteiger partial charge in [-0.15, -0.1) is 0 Å². The van der Waals surface area contributed by atoms with Crippen molar-refractivity contribution in [2.45, 2.75) is 32.9 Å². The molecule has 2 rings (SSSR count). The van der Waals surface area contributed by atoms with Crippen molar-refractivity contribution in [3.63, 3.8) is 0 Å². The number of ether oxygens (including phenoxy) is 1. The van der Waals surface area contributed by atoms with Gasteiger partial charge in [-0.1, -0.05) is 37.6 Å². The molecule has 150 valence electrons. The Morgan fingerprint density at radius 1 is 1.00 bits per heavy atom. The van der Waals surface area contributed by atoms with Gasteiger partial charge in [0.1, 0.15) is 5.75 Å². The first-order valence-corrected chi connectivity index (χ1v) is 9.60. The number of nitrogens with zero attached hydrogens (tertiary/aromatic N) is 1. The van der Waals surface area contributed by atoms with E-state index in [1.165, 1.54) is 0 Å². The average Bonchev–Trinajstić information content (AvgIpc) is 2.74. The van der Waals surface area contributed by atoms with Crippen molar-refractivity contribution in [2.75, 3.05) is 20.7 Å². The van der Waals surface area contributed by atoms with E-state index in [4.69, 9.17) is 4.74 Å². The lowest BCUT2D eigenvalue weighted by Gasteiger charge is -2.13. The second kappa shape index (κ2) is 11.6. The lowest BCUT2D eigenvalue weighted by atomic mass is 10.1. The van der Waals surface area contributed by atoms with Crippen LogP contribution in [0.5, 0.6) is 5.75 Å². The van der Waals surface area contributed by atoms with Gasteiger partial charge >= 0.3 is 0 Å². The molecule has 0 saturated carbocycles. The van der Waals surface area contributed by atoms with E-state index < -0.39 is 0 Å². The summed E-state index contributed by atoms with van der Waals surface area (Å²) in [4.78, 5) is 16.3. The minimum absolute atomic E-state index is 0.0243. The number of guanidine groups is 1. The number of hydrogen-bond donors (Lipinski definition) is 3. The molecular weight excluding hydrogens is 352 g/mol. The minimum Gasteiger partial charge on any atom is -0.497 e. The van der Waals surface area contributed by atoms with E-state index in [0.29, 0.717) is 31.2 Å². The highest BCUT2D eigenvalue weighted by molar-refractivity contribution is 5.94. The molecule has 0 aliphatic carbocycles. The Hall–Kier alpha value is -3.02. The highest BCUT2D eigenvalue weighted by atomic mass is 16.5. The first-order chi connectivity index (χ1) is 13.7. The van der Waals surface area contributed by atoms with Gasteiger partial charge in [-0.05, 0) is 41.8 Å². The van der Waals surface area contributed by atoms with Gasteiger partial charge in [-0.2, -0.15) is 0 Å². The number of carbonyl (C=O) groups excluding carboxylic acids is 1. The van der Waals surface area contributed by atoms with Gasteiger partial charge < -0.3 is 20.7 Å². The first kappa shape index (κ1) is 21.3. The quantitative estimate of drug-likeness (QED) is 0.354. The van der Waals surface area contributed by atoms with Crippen molar-refractivity contribution >= 4 is 11.9 Å². The van der Waals surface area contributed by atoms with Crippen LogP contribution in [-0.2, 0) is 13.1 Å². The zero-order chi connectivity index (χ0) is 20.2. The van der Waals surface area contributed by atoms with Crippen molar-refractivity contribution in [1.29, 1.82) is 0 Å². The van der Waals surface area contributed by atoms with Gasteiger partial charge in [0.25, 0.3) is 5.91 Å². The summed E-state index contributed by atoms with van der Waals surface area (Å²) in [7, 11) is 3.40. The van der Waals surface area contributed by atoms with Crippen LogP contribution in [-0.4, -0.2) is 32.6 Å². The summed E-state index contributed by atoms with van der Waals surface area (Å²) in [6, 6.07) is 15.5. The number of hydrogen-bond acceptors (Lipinski definition) is 3. The van der Waals surface area contributed by atoms with Gasteiger partial charge in [-0.3, -0.25) is 9.79 Å². The maximum Gasteiger partial charge on any atom is 0.251 e. The summed E-state index contributed by atoms with van der Waals surface area (Å²) in [6.45, 7) is 4.09. The zero-order valence-corrected chi connectivity index (χ0v) is 16.9. The molecule has 28 heavy (non-hydrogen) atoms. The number of aliphatic imine (C=N–C) groups is 1. The molecule has 0 unspecified atom stereocenters. The van der Waals surface area contributed by atoms with Gasteiger partial charge in [0.05, 0.1) is 7.11 Å². The Balaban J connectivity index is 1.81. The van der Waals surface area contributed by atoms with Gasteiger partial charge in [0, 0.05) is 32.2 Å². The molecule has 2 aromatic carbocycles. The van der Waals surface area contributed by atoms with Gasteiger partial charge in [-0.25, -0.2) is 0 Å². The van der Waals surface area contributed by atoms with Crippen LogP contribution in [0.15, 0.2) is 53.5 Å². The topological polar surface area (TPSA) is 74.8 Å². The van der Waals surface area contributed by atoms with Crippen LogP contribution >= 0.6 is 0 Å². The van der Waals surface area contributed by atoms with Crippen LogP contribution in [0.3, 0.4) is 0 Å². The van der Waals surface area contributed by atoms with E-state index in [1.54, 1.807) is 14.2 Å². The molecule has 0 radical (unpaired) electrons. The molecule has 6 nitrogen and oxygen atoms in total. The molecule has 0 aliphatic rings. The van der Waals surface area contributed by atoms with E-state index in [2.05, 4.69) is 27.9 Å². The number of rotatable bonds is 9. The molecule has 0 saturated heterocycles. The molecule has 1 amide bonds. The molecule has 6 heteroatoms.